The SMILES string of the molecule is CNCCN(C)S(=O)(=O)N1CCc2ccccc2C1.Cl. The number of nitrogens with zero attached hydrogens (tertiary/aromatic N) is 2. The topological polar surface area (TPSA) is 52.7 Å². The Balaban J connectivity index is 0.00000200. The molecule has 0 fully saturated rings. The first-order valence-electron chi connectivity index (χ1n) is 6.48. The molecule has 0 saturated heterocycles. The molecular formula is C13H22ClN3O2S. The molecule has 0 saturated carbocycles. The second-order valence-electron chi connectivity index (χ2n) is 4.79. The van der Waals surface area contributed by atoms with E-state index >= 15 is 0 Å². The highest BCUT2D eigenvalue weighted by Crippen LogP contribution is 2.21. The molecule has 0 radical (unpaired) electrons. The molecule has 5 nitrogen and oxygen atoms in total. The second kappa shape index (κ2) is 7.38. The van der Waals surface area contributed by atoms with Crippen LogP contribution in [-0.4, -0.2) is 50.8 Å². The Bertz CT molecular complexity index is 536. The van der Waals surface area contributed by atoms with Crippen molar-refractivity contribution in [2.24, 2.45) is 0 Å². The van der Waals surface area contributed by atoms with Crippen molar-refractivity contribution >= 4 is 22.6 Å². The molecule has 0 amide bonds. The molecular weight excluding hydrogens is 298 g/mol. The van der Waals surface area contributed by atoms with Gasteiger partial charge in [-0.25, -0.2) is 0 Å². The van der Waals surface area contributed by atoms with E-state index in [4.69, 9.17) is 0 Å². The molecule has 0 bridgehead atoms. The summed E-state index contributed by atoms with van der Waals surface area (Å²) >= 11 is 0. The molecule has 1 aromatic carbocycles. The van der Waals surface area contributed by atoms with Crippen LogP contribution in [0.4, 0.5) is 0 Å². The first kappa shape index (κ1) is 17.4. The van der Waals surface area contributed by atoms with Crippen molar-refractivity contribution in [1.82, 2.24) is 13.9 Å². The number of halogens is 1. The molecule has 1 aliphatic rings. The predicted octanol–water partition coefficient (Wildman–Crippen LogP) is 0.863. The third-order valence-corrected chi connectivity index (χ3v) is 5.43. The van der Waals surface area contributed by atoms with Crippen molar-refractivity contribution in [3.8, 4) is 0 Å². The lowest BCUT2D eigenvalue weighted by atomic mass is 10.0. The van der Waals surface area contributed by atoms with E-state index in [9.17, 15) is 8.42 Å². The zero-order valence-electron chi connectivity index (χ0n) is 11.9. The number of hydrogen-bond donors (Lipinski definition) is 1. The molecule has 0 atom stereocenters. The summed E-state index contributed by atoms with van der Waals surface area (Å²) in [5.41, 5.74) is 2.37. The first-order valence-corrected chi connectivity index (χ1v) is 7.88. The fourth-order valence-corrected chi connectivity index (χ4v) is 3.59. The van der Waals surface area contributed by atoms with Crippen LogP contribution in [0.15, 0.2) is 24.3 Å². The van der Waals surface area contributed by atoms with Crippen LogP contribution in [0.3, 0.4) is 0 Å². The minimum atomic E-state index is -3.35. The minimum Gasteiger partial charge on any atom is -0.318 e. The smallest absolute Gasteiger partial charge is 0.282 e. The molecule has 2 rings (SSSR count). The van der Waals surface area contributed by atoms with Crippen LogP contribution in [-0.2, 0) is 23.2 Å². The van der Waals surface area contributed by atoms with Crippen LogP contribution >= 0.6 is 12.4 Å². The van der Waals surface area contributed by atoms with Gasteiger partial charge in [-0.05, 0) is 24.6 Å². The summed E-state index contributed by atoms with van der Waals surface area (Å²) in [4.78, 5) is 0. The lowest BCUT2D eigenvalue weighted by molar-refractivity contribution is 0.344. The average Bonchev–Trinajstić information content (AvgIpc) is 2.44. The monoisotopic (exact) mass is 319 g/mol. The molecule has 1 aliphatic heterocycles. The highest BCUT2D eigenvalue weighted by Gasteiger charge is 2.29. The molecule has 0 aromatic heterocycles. The van der Waals surface area contributed by atoms with Gasteiger partial charge in [0.2, 0.25) is 0 Å². The van der Waals surface area contributed by atoms with Gasteiger partial charge in [0, 0.05) is 33.2 Å². The van der Waals surface area contributed by atoms with Crippen molar-refractivity contribution in [3.63, 3.8) is 0 Å². The Morgan fingerprint density at radius 2 is 1.95 bits per heavy atom. The van der Waals surface area contributed by atoms with Gasteiger partial charge >= 0.3 is 0 Å². The van der Waals surface area contributed by atoms with Crippen LogP contribution < -0.4 is 5.32 Å². The molecule has 1 heterocycles. The van der Waals surface area contributed by atoms with E-state index in [0.29, 0.717) is 26.2 Å². The van der Waals surface area contributed by atoms with Gasteiger partial charge in [0.25, 0.3) is 10.2 Å². The van der Waals surface area contributed by atoms with Crippen LogP contribution in [0.2, 0.25) is 0 Å². The number of rotatable bonds is 5. The van der Waals surface area contributed by atoms with Gasteiger partial charge in [-0.1, -0.05) is 24.3 Å². The van der Waals surface area contributed by atoms with Crippen LogP contribution in [0.5, 0.6) is 0 Å². The number of likely N-dealkylation sites (N-methyl/N-ethyl adjacent to an activating group) is 2. The molecule has 20 heavy (non-hydrogen) atoms. The Morgan fingerprint density at radius 3 is 2.60 bits per heavy atom. The summed E-state index contributed by atoms with van der Waals surface area (Å²) in [6.07, 6.45) is 0.787. The van der Waals surface area contributed by atoms with E-state index in [0.717, 1.165) is 12.0 Å². The Morgan fingerprint density at radius 1 is 1.30 bits per heavy atom. The standard InChI is InChI=1S/C13H21N3O2S.ClH/c1-14-8-10-15(2)19(17,18)16-9-7-12-5-3-4-6-13(12)11-16;/h3-6,14H,7-11H2,1-2H3;1H. The maximum absolute atomic E-state index is 12.4. The van der Waals surface area contributed by atoms with E-state index in [1.54, 1.807) is 11.4 Å². The maximum atomic E-state index is 12.4. The summed E-state index contributed by atoms with van der Waals surface area (Å²) in [5, 5.41) is 2.96. The average molecular weight is 320 g/mol. The van der Waals surface area contributed by atoms with E-state index in [1.807, 2.05) is 25.2 Å². The van der Waals surface area contributed by atoms with E-state index in [2.05, 4.69) is 11.4 Å². The minimum absolute atomic E-state index is 0. The van der Waals surface area contributed by atoms with Crippen LogP contribution in [0.25, 0.3) is 0 Å². The van der Waals surface area contributed by atoms with Gasteiger partial charge in [-0.2, -0.15) is 17.0 Å². The lowest BCUT2D eigenvalue weighted by Crippen LogP contribution is -2.45. The summed E-state index contributed by atoms with van der Waals surface area (Å²) in [7, 11) is 0.0989. The highest BCUT2D eigenvalue weighted by molar-refractivity contribution is 7.86. The van der Waals surface area contributed by atoms with Crippen molar-refractivity contribution in [3.05, 3.63) is 35.4 Å². The highest BCUT2D eigenvalue weighted by atomic mass is 35.5. The van der Waals surface area contributed by atoms with Gasteiger partial charge in [-0.15, -0.1) is 12.4 Å². The van der Waals surface area contributed by atoms with Crippen LogP contribution in [0.1, 0.15) is 11.1 Å². The van der Waals surface area contributed by atoms with Gasteiger partial charge in [0.1, 0.15) is 0 Å². The third-order valence-electron chi connectivity index (χ3n) is 3.49. The maximum Gasteiger partial charge on any atom is 0.282 e. The lowest BCUT2D eigenvalue weighted by Gasteiger charge is -2.31. The van der Waals surface area contributed by atoms with Crippen molar-refractivity contribution in [2.75, 3.05) is 33.7 Å². The fraction of sp³-hybridized carbons (Fsp3) is 0.538. The largest absolute Gasteiger partial charge is 0.318 e. The molecule has 7 heteroatoms. The van der Waals surface area contributed by atoms with Gasteiger partial charge in [0.15, 0.2) is 0 Å². The van der Waals surface area contributed by atoms with Gasteiger partial charge < -0.3 is 5.32 Å². The number of nitrogens with one attached hydrogen (secondary N) is 1. The molecule has 0 unspecified atom stereocenters. The van der Waals surface area contributed by atoms with Crippen LogP contribution in [0, 0.1) is 0 Å². The van der Waals surface area contributed by atoms with Gasteiger partial charge in [-0.3, -0.25) is 0 Å². The normalized spacial score (nSPS) is 15.8. The predicted molar refractivity (Wildman–Crippen MR) is 83.3 cm³/mol. The van der Waals surface area contributed by atoms with Crippen molar-refractivity contribution in [1.29, 1.82) is 0 Å². The molecule has 114 valence electrons. The Hall–Kier alpha value is -0.660. The fourth-order valence-electron chi connectivity index (χ4n) is 2.25. The van der Waals surface area contributed by atoms with Crippen molar-refractivity contribution in [2.45, 2.75) is 13.0 Å². The molecule has 1 aromatic rings. The summed E-state index contributed by atoms with van der Waals surface area (Å²) in [5.74, 6) is 0. The quantitative estimate of drug-likeness (QED) is 0.876. The zero-order chi connectivity index (χ0) is 13.9. The summed E-state index contributed by atoms with van der Waals surface area (Å²) < 4.78 is 27.8. The molecule has 0 spiro atoms. The molecule has 1 N–H and O–H groups in total. The summed E-state index contributed by atoms with van der Waals surface area (Å²) in [6, 6.07) is 8.04. The Kier molecular flexibility index (Phi) is 6.42. The Labute approximate surface area is 127 Å². The molecule has 0 aliphatic carbocycles. The zero-order valence-corrected chi connectivity index (χ0v) is 13.5. The summed E-state index contributed by atoms with van der Waals surface area (Å²) in [6.45, 7) is 2.17. The van der Waals surface area contributed by atoms with Gasteiger partial charge in [0.05, 0.1) is 0 Å². The van der Waals surface area contributed by atoms with E-state index in [1.165, 1.54) is 9.87 Å². The second-order valence-corrected chi connectivity index (χ2v) is 6.82. The van der Waals surface area contributed by atoms with Crippen molar-refractivity contribution < 1.29 is 8.42 Å². The van der Waals surface area contributed by atoms with E-state index < -0.39 is 10.2 Å². The number of hydrogen-bond acceptors (Lipinski definition) is 3. The third kappa shape index (κ3) is 3.71. The number of fused-ring (bicyclic) bond motifs is 1. The van der Waals surface area contributed by atoms with E-state index in [-0.39, 0.29) is 12.4 Å². The number of benzene rings is 1. The first-order chi connectivity index (χ1) is 9.05.